The number of amides is 4. The smallest absolute Gasteiger partial charge is 0.326 e. The summed E-state index contributed by atoms with van der Waals surface area (Å²) in [5.74, 6) is -0.908. The van der Waals surface area contributed by atoms with E-state index in [4.69, 9.17) is 0 Å². The number of benzene rings is 2. The SMILES string of the molecule is Cc1ccc([C@@]2(c3ccccc3)NC(=O)N(CC(=O)N(C3CC3)[C@@H]3CCS(=O)(=O)C3)C2=O)cc1C. The van der Waals surface area contributed by atoms with E-state index in [0.717, 1.165) is 28.9 Å². The second-order valence-electron chi connectivity index (χ2n) is 9.83. The van der Waals surface area contributed by atoms with E-state index in [1.54, 1.807) is 29.2 Å². The highest BCUT2D eigenvalue weighted by Crippen LogP contribution is 2.38. The Hall–Kier alpha value is -3.20. The van der Waals surface area contributed by atoms with Crippen LogP contribution in [-0.2, 0) is 25.0 Å². The van der Waals surface area contributed by atoms with E-state index in [1.807, 2.05) is 38.1 Å². The third-order valence-electron chi connectivity index (χ3n) is 7.38. The number of aryl methyl sites for hydroxylation is 2. The Balaban J connectivity index is 1.48. The van der Waals surface area contributed by atoms with Crippen LogP contribution in [0.25, 0.3) is 0 Å². The fourth-order valence-electron chi connectivity index (χ4n) is 5.21. The highest BCUT2D eigenvalue weighted by atomic mass is 32.2. The summed E-state index contributed by atoms with van der Waals surface area (Å²) in [6.45, 7) is 3.50. The van der Waals surface area contributed by atoms with Gasteiger partial charge in [0, 0.05) is 12.1 Å². The molecule has 1 aliphatic carbocycles. The van der Waals surface area contributed by atoms with Crippen LogP contribution >= 0.6 is 0 Å². The van der Waals surface area contributed by atoms with Gasteiger partial charge in [-0.25, -0.2) is 13.2 Å². The predicted molar refractivity (Wildman–Crippen MR) is 130 cm³/mol. The molecular weight excluding hydrogens is 466 g/mol. The van der Waals surface area contributed by atoms with E-state index >= 15 is 0 Å². The van der Waals surface area contributed by atoms with Gasteiger partial charge in [-0.1, -0.05) is 48.5 Å². The fraction of sp³-hybridized carbons (Fsp3) is 0.423. The van der Waals surface area contributed by atoms with Gasteiger partial charge in [0.15, 0.2) is 15.4 Å². The van der Waals surface area contributed by atoms with Gasteiger partial charge >= 0.3 is 6.03 Å². The Morgan fingerprint density at radius 1 is 1.00 bits per heavy atom. The molecule has 8 nitrogen and oxygen atoms in total. The quantitative estimate of drug-likeness (QED) is 0.620. The van der Waals surface area contributed by atoms with Gasteiger partial charge in [0.25, 0.3) is 5.91 Å². The van der Waals surface area contributed by atoms with Crippen molar-refractivity contribution in [1.82, 2.24) is 15.1 Å². The lowest BCUT2D eigenvalue weighted by Crippen LogP contribution is -2.49. The lowest BCUT2D eigenvalue weighted by atomic mass is 9.81. The van der Waals surface area contributed by atoms with Crippen molar-refractivity contribution in [3.8, 4) is 0 Å². The van der Waals surface area contributed by atoms with Crippen molar-refractivity contribution in [2.24, 2.45) is 0 Å². The van der Waals surface area contributed by atoms with Crippen LogP contribution in [0.15, 0.2) is 48.5 Å². The molecule has 0 bridgehead atoms. The minimum Gasteiger partial charge on any atom is -0.334 e. The largest absolute Gasteiger partial charge is 0.334 e. The number of hydrogen-bond donors (Lipinski definition) is 1. The summed E-state index contributed by atoms with van der Waals surface area (Å²) in [5.41, 5.74) is 1.83. The molecule has 9 heteroatoms. The summed E-state index contributed by atoms with van der Waals surface area (Å²) in [7, 11) is -3.18. The topological polar surface area (TPSA) is 104 Å². The maximum atomic E-state index is 14.0. The maximum Gasteiger partial charge on any atom is 0.326 e. The minimum absolute atomic E-state index is 0.0276. The standard InChI is InChI=1S/C26H29N3O5S/c1-17-8-9-20(14-18(17)2)26(19-6-4-3-5-7-19)24(31)28(25(32)27-26)15-23(30)29(21-10-11-21)22-12-13-35(33,34)16-22/h3-9,14,21-22H,10-13,15-16H2,1-2H3,(H,27,32)/t22-,26-/m1/s1. The molecule has 2 aliphatic heterocycles. The molecule has 0 radical (unpaired) electrons. The number of carbonyl (C=O) groups is 3. The molecule has 3 aliphatic rings. The number of nitrogens with zero attached hydrogens (tertiary/aromatic N) is 2. The van der Waals surface area contributed by atoms with Gasteiger partial charge < -0.3 is 10.2 Å². The van der Waals surface area contributed by atoms with E-state index in [2.05, 4.69) is 5.32 Å². The first-order valence-electron chi connectivity index (χ1n) is 11.9. The molecule has 0 unspecified atom stereocenters. The van der Waals surface area contributed by atoms with Crippen LogP contribution in [0.4, 0.5) is 4.79 Å². The monoisotopic (exact) mass is 495 g/mol. The lowest BCUT2D eigenvalue weighted by Gasteiger charge is -2.30. The Morgan fingerprint density at radius 3 is 2.31 bits per heavy atom. The number of hydrogen-bond acceptors (Lipinski definition) is 5. The predicted octanol–water partition coefficient (Wildman–Crippen LogP) is 2.28. The zero-order valence-corrected chi connectivity index (χ0v) is 20.7. The van der Waals surface area contributed by atoms with Gasteiger partial charge in [-0.15, -0.1) is 0 Å². The summed E-state index contributed by atoms with van der Waals surface area (Å²) >= 11 is 0. The molecule has 0 spiro atoms. The summed E-state index contributed by atoms with van der Waals surface area (Å²) < 4.78 is 24.1. The summed E-state index contributed by atoms with van der Waals surface area (Å²) in [6, 6.07) is 13.6. The molecule has 4 amide bonds. The Bertz CT molecular complexity index is 1310. The van der Waals surface area contributed by atoms with Crippen molar-refractivity contribution in [3.05, 3.63) is 70.8 Å². The number of urea groups is 1. The van der Waals surface area contributed by atoms with E-state index < -0.39 is 39.9 Å². The molecule has 2 heterocycles. The molecule has 2 aromatic rings. The van der Waals surface area contributed by atoms with Crippen LogP contribution in [0, 0.1) is 13.8 Å². The summed E-state index contributed by atoms with van der Waals surface area (Å²) in [4.78, 5) is 43.2. The van der Waals surface area contributed by atoms with Crippen LogP contribution in [0.3, 0.4) is 0 Å². The molecule has 3 fully saturated rings. The van der Waals surface area contributed by atoms with Crippen LogP contribution in [0.1, 0.15) is 41.5 Å². The van der Waals surface area contributed by atoms with Gasteiger partial charge in [-0.3, -0.25) is 14.5 Å². The number of nitrogens with one attached hydrogen (secondary N) is 1. The molecule has 184 valence electrons. The highest BCUT2D eigenvalue weighted by Gasteiger charge is 2.55. The van der Waals surface area contributed by atoms with Gasteiger partial charge in [0.2, 0.25) is 5.91 Å². The Morgan fingerprint density at radius 2 is 1.71 bits per heavy atom. The highest BCUT2D eigenvalue weighted by molar-refractivity contribution is 7.91. The van der Waals surface area contributed by atoms with Crippen molar-refractivity contribution < 1.29 is 22.8 Å². The fourth-order valence-corrected chi connectivity index (χ4v) is 6.92. The third kappa shape index (κ3) is 4.11. The molecule has 0 aromatic heterocycles. The Kier molecular flexibility index (Phi) is 5.70. The van der Waals surface area contributed by atoms with Crippen molar-refractivity contribution in [1.29, 1.82) is 0 Å². The molecule has 1 N–H and O–H groups in total. The van der Waals surface area contributed by atoms with Crippen LogP contribution < -0.4 is 5.32 Å². The van der Waals surface area contributed by atoms with Gasteiger partial charge in [-0.05, 0) is 55.4 Å². The minimum atomic E-state index is -3.18. The summed E-state index contributed by atoms with van der Waals surface area (Å²) in [5, 5.41) is 2.89. The van der Waals surface area contributed by atoms with Crippen molar-refractivity contribution in [2.75, 3.05) is 18.1 Å². The normalized spacial score (nSPS) is 25.5. The molecule has 2 saturated heterocycles. The number of sulfone groups is 1. The van der Waals surface area contributed by atoms with Crippen molar-refractivity contribution in [3.63, 3.8) is 0 Å². The van der Waals surface area contributed by atoms with E-state index in [1.165, 1.54) is 0 Å². The van der Waals surface area contributed by atoms with Gasteiger partial charge in [-0.2, -0.15) is 0 Å². The van der Waals surface area contributed by atoms with E-state index in [-0.39, 0.29) is 23.5 Å². The molecule has 35 heavy (non-hydrogen) atoms. The zero-order valence-electron chi connectivity index (χ0n) is 19.9. The average Bonchev–Trinajstić information content (AvgIpc) is 3.54. The zero-order chi connectivity index (χ0) is 25.0. The maximum absolute atomic E-state index is 14.0. The van der Waals surface area contributed by atoms with Crippen molar-refractivity contribution >= 4 is 27.7 Å². The second-order valence-corrected chi connectivity index (χ2v) is 12.1. The Labute approximate surface area is 205 Å². The molecule has 2 aromatic carbocycles. The number of rotatable bonds is 6. The van der Waals surface area contributed by atoms with Gasteiger partial charge in [0.1, 0.15) is 6.54 Å². The molecule has 5 rings (SSSR count). The van der Waals surface area contributed by atoms with E-state index in [0.29, 0.717) is 17.5 Å². The molecular formula is C26H29N3O5S. The van der Waals surface area contributed by atoms with Crippen molar-refractivity contribution in [2.45, 2.75) is 50.7 Å². The number of carbonyl (C=O) groups excluding carboxylic acids is 3. The average molecular weight is 496 g/mol. The van der Waals surface area contributed by atoms with Crippen LogP contribution in [-0.4, -0.2) is 66.2 Å². The summed E-state index contributed by atoms with van der Waals surface area (Å²) in [6.07, 6.45) is 2.00. The molecule has 2 atom stereocenters. The lowest BCUT2D eigenvalue weighted by molar-refractivity contribution is -0.140. The third-order valence-corrected chi connectivity index (χ3v) is 9.13. The molecule has 1 saturated carbocycles. The first-order valence-corrected chi connectivity index (χ1v) is 13.7. The van der Waals surface area contributed by atoms with Gasteiger partial charge in [0.05, 0.1) is 11.5 Å². The second kappa shape index (κ2) is 8.48. The van der Waals surface area contributed by atoms with Crippen LogP contribution in [0.2, 0.25) is 0 Å². The van der Waals surface area contributed by atoms with Crippen LogP contribution in [0.5, 0.6) is 0 Å². The van der Waals surface area contributed by atoms with E-state index in [9.17, 15) is 22.8 Å². The first-order chi connectivity index (χ1) is 16.6. The first kappa shape index (κ1) is 23.5. The number of imide groups is 1.